The average Bonchev–Trinajstić information content (AvgIpc) is 2.92. The van der Waals surface area contributed by atoms with E-state index >= 15 is 0 Å². The molecule has 3 N–H and O–H groups in total. The van der Waals surface area contributed by atoms with Crippen LogP contribution in [0.25, 0.3) is 0 Å². The number of carbonyl (C=O) groups is 1. The lowest BCUT2D eigenvalue weighted by molar-refractivity contribution is -0.126. The lowest BCUT2D eigenvalue weighted by Crippen LogP contribution is -2.34. The van der Waals surface area contributed by atoms with E-state index in [0.29, 0.717) is 5.92 Å². The first-order chi connectivity index (χ1) is 8.79. The monoisotopic (exact) mass is 250 g/mol. The number of nitrogens with two attached hydrogens (primary N) is 1. The van der Waals surface area contributed by atoms with Gasteiger partial charge in [-0.15, -0.1) is 0 Å². The van der Waals surface area contributed by atoms with Crippen molar-refractivity contribution >= 4 is 5.91 Å². The van der Waals surface area contributed by atoms with E-state index in [1.165, 1.54) is 24.8 Å². The molecular weight excluding hydrogens is 224 g/mol. The van der Waals surface area contributed by atoms with Crippen molar-refractivity contribution in [2.45, 2.75) is 51.4 Å². The van der Waals surface area contributed by atoms with Crippen molar-refractivity contribution in [2.75, 3.05) is 13.1 Å². The van der Waals surface area contributed by atoms with Crippen LogP contribution in [-0.4, -0.2) is 19.0 Å². The topological polar surface area (TPSA) is 55.1 Å². The predicted molar refractivity (Wildman–Crippen MR) is 74.1 cm³/mol. The van der Waals surface area contributed by atoms with Crippen LogP contribution in [0.4, 0.5) is 0 Å². The molecule has 0 aromatic carbocycles. The molecule has 0 atom stereocenters. The molecule has 2 aliphatic rings. The molecule has 0 spiro atoms. The summed E-state index contributed by atoms with van der Waals surface area (Å²) in [5.41, 5.74) is 7.20. The number of amides is 1. The van der Waals surface area contributed by atoms with Gasteiger partial charge in [0.2, 0.25) is 5.91 Å². The Kier molecular flexibility index (Phi) is 5.24. The summed E-state index contributed by atoms with van der Waals surface area (Å²) in [7, 11) is 0. The lowest BCUT2D eigenvalue weighted by Gasteiger charge is -2.26. The van der Waals surface area contributed by atoms with E-state index in [9.17, 15) is 4.79 Å². The Morgan fingerprint density at radius 3 is 2.72 bits per heavy atom. The molecule has 1 saturated carbocycles. The Labute approximate surface area is 110 Å². The zero-order valence-corrected chi connectivity index (χ0v) is 11.3. The quantitative estimate of drug-likeness (QED) is 0.736. The van der Waals surface area contributed by atoms with Gasteiger partial charge >= 0.3 is 0 Å². The van der Waals surface area contributed by atoms with Crippen molar-refractivity contribution < 1.29 is 4.79 Å². The van der Waals surface area contributed by atoms with Gasteiger partial charge < -0.3 is 11.1 Å². The first-order valence-corrected chi connectivity index (χ1v) is 7.45. The minimum atomic E-state index is 0.241. The van der Waals surface area contributed by atoms with Gasteiger partial charge in [0.15, 0.2) is 0 Å². The van der Waals surface area contributed by atoms with Crippen LogP contribution >= 0.6 is 0 Å². The fourth-order valence-corrected chi connectivity index (χ4v) is 3.12. The molecule has 3 heteroatoms. The molecule has 0 unspecified atom stereocenters. The fraction of sp³-hybridized carbons (Fsp3) is 0.800. The van der Waals surface area contributed by atoms with Crippen LogP contribution < -0.4 is 11.1 Å². The maximum Gasteiger partial charge on any atom is 0.223 e. The number of hydrogen-bond donors (Lipinski definition) is 2. The molecule has 2 aliphatic carbocycles. The van der Waals surface area contributed by atoms with Crippen molar-refractivity contribution in [2.24, 2.45) is 17.6 Å². The van der Waals surface area contributed by atoms with Crippen LogP contribution in [0.5, 0.6) is 0 Å². The van der Waals surface area contributed by atoms with Gasteiger partial charge in [-0.05, 0) is 63.8 Å². The van der Waals surface area contributed by atoms with Crippen LogP contribution in [0, 0.1) is 11.8 Å². The third-order valence-corrected chi connectivity index (χ3v) is 4.43. The minimum absolute atomic E-state index is 0.241. The van der Waals surface area contributed by atoms with E-state index in [-0.39, 0.29) is 11.8 Å². The number of hydrogen-bond acceptors (Lipinski definition) is 2. The summed E-state index contributed by atoms with van der Waals surface area (Å²) in [4.78, 5) is 12.0. The van der Waals surface area contributed by atoms with Crippen molar-refractivity contribution in [1.29, 1.82) is 0 Å². The van der Waals surface area contributed by atoms with E-state index in [4.69, 9.17) is 5.73 Å². The third kappa shape index (κ3) is 3.84. The number of carbonyl (C=O) groups excluding carboxylic acids is 1. The molecule has 102 valence electrons. The molecule has 0 aromatic rings. The zero-order valence-electron chi connectivity index (χ0n) is 11.3. The number of nitrogens with one attached hydrogen (secondary N) is 1. The molecule has 18 heavy (non-hydrogen) atoms. The van der Waals surface area contributed by atoms with E-state index in [2.05, 4.69) is 11.4 Å². The van der Waals surface area contributed by atoms with Gasteiger partial charge in [0, 0.05) is 12.5 Å². The SMILES string of the molecule is NCC1CCC(C(=O)NCCC2=CCCC2)CC1. The van der Waals surface area contributed by atoms with E-state index in [0.717, 1.165) is 45.2 Å². The van der Waals surface area contributed by atoms with Gasteiger partial charge in [0.25, 0.3) is 0 Å². The Morgan fingerprint density at radius 1 is 1.33 bits per heavy atom. The Morgan fingerprint density at radius 2 is 2.11 bits per heavy atom. The first kappa shape index (κ1) is 13.6. The van der Waals surface area contributed by atoms with Crippen molar-refractivity contribution in [1.82, 2.24) is 5.32 Å². The summed E-state index contributed by atoms with van der Waals surface area (Å²) < 4.78 is 0. The summed E-state index contributed by atoms with van der Waals surface area (Å²) in [5, 5.41) is 3.10. The van der Waals surface area contributed by atoms with Crippen LogP contribution in [0.2, 0.25) is 0 Å². The second kappa shape index (κ2) is 6.93. The molecule has 0 bridgehead atoms. The van der Waals surface area contributed by atoms with Gasteiger partial charge in [-0.3, -0.25) is 4.79 Å². The maximum atomic E-state index is 12.0. The largest absolute Gasteiger partial charge is 0.356 e. The highest BCUT2D eigenvalue weighted by atomic mass is 16.1. The summed E-state index contributed by atoms with van der Waals surface area (Å²) in [6.45, 7) is 1.60. The van der Waals surface area contributed by atoms with Gasteiger partial charge in [0.05, 0.1) is 0 Å². The molecule has 0 radical (unpaired) electrons. The maximum absolute atomic E-state index is 12.0. The second-order valence-electron chi connectivity index (χ2n) is 5.75. The Hall–Kier alpha value is -0.830. The van der Waals surface area contributed by atoms with Gasteiger partial charge in [0.1, 0.15) is 0 Å². The normalized spacial score (nSPS) is 27.9. The highest BCUT2D eigenvalue weighted by Gasteiger charge is 2.25. The van der Waals surface area contributed by atoms with Crippen LogP contribution in [0.3, 0.4) is 0 Å². The summed E-state index contributed by atoms with van der Waals surface area (Å²) in [6.07, 6.45) is 11.4. The van der Waals surface area contributed by atoms with Gasteiger partial charge in [-0.25, -0.2) is 0 Å². The molecule has 0 aromatic heterocycles. The number of allylic oxidation sites excluding steroid dienone is 1. The average molecular weight is 250 g/mol. The van der Waals surface area contributed by atoms with Crippen LogP contribution in [-0.2, 0) is 4.79 Å². The molecule has 3 nitrogen and oxygen atoms in total. The smallest absolute Gasteiger partial charge is 0.223 e. The highest BCUT2D eigenvalue weighted by molar-refractivity contribution is 5.78. The standard InChI is InChI=1S/C15H26N2O/c16-11-13-5-7-14(8-6-13)15(18)17-10-9-12-3-1-2-4-12/h3,13-14H,1-2,4-11,16H2,(H,17,18). The summed E-state index contributed by atoms with van der Waals surface area (Å²) in [6, 6.07) is 0. The second-order valence-corrected chi connectivity index (χ2v) is 5.75. The molecule has 0 heterocycles. The van der Waals surface area contributed by atoms with E-state index < -0.39 is 0 Å². The Bertz CT molecular complexity index is 304. The predicted octanol–water partition coefficient (Wildman–Crippen LogP) is 2.37. The van der Waals surface area contributed by atoms with Crippen molar-refractivity contribution in [3.8, 4) is 0 Å². The highest BCUT2D eigenvalue weighted by Crippen LogP contribution is 2.28. The van der Waals surface area contributed by atoms with E-state index in [1.807, 2.05) is 0 Å². The van der Waals surface area contributed by atoms with E-state index in [1.54, 1.807) is 0 Å². The van der Waals surface area contributed by atoms with Crippen LogP contribution in [0.1, 0.15) is 51.4 Å². The summed E-state index contributed by atoms with van der Waals surface area (Å²) >= 11 is 0. The van der Waals surface area contributed by atoms with Gasteiger partial charge in [-0.1, -0.05) is 11.6 Å². The third-order valence-electron chi connectivity index (χ3n) is 4.43. The number of rotatable bonds is 5. The molecule has 1 fully saturated rings. The zero-order chi connectivity index (χ0) is 12.8. The lowest BCUT2D eigenvalue weighted by atomic mass is 9.81. The summed E-state index contributed by atoms with van der Waals surface area (Å²) in [5.74, 6) is 1.16. The van der Waals surface area contributed by atoms with Crippen molar-refractivity contribution in [3.63, 3.8) is 0 Å². The molecule has 0 saturated heterocycles. The first-order valence-electron chi connectivity index (χ1n) is 7.45. The Balaban J connectivity index is 1.62. The fourth-order valence-electron chi connectivity index (χ4n) is 3.12. The molecular formula is C15H26N2O. The van der Waals surface area contributed by atoms with Crippen molar-refractivity contribution in [3.05, 3.63) is 11.6 Å². The molecule has 0 aliphatic heterocycles. The molecule has 2 rings (SSSR count). The minimum Gasteiger partial charge on any atom is -0.356 e. The van der Waals surface area contributed by atoms with Gasteiger partial charge in [-0.2, -0.15) is 0 Å². The van der Waals surface area contributed by atoms with Crippen LogP contribution in [0.15, 0.2) is 11.6 Å². The molecule has 1 amide bonds.